The number of amides is 1. The Labute approximate surface area is 147 Å². The van der Waals surface area contributed by atoms with E-state index in [1.54, 1.807) is 0 Å². The van der Waals surface area contributed by atoms with Gasteiger partial charge in [-0.15, -0.1) is 0 Å². The van der Waals surface area contributed by atoms with Crippen molar-refractivity contribution in [1.29, 1.82) is 0 Å². The van der Waals surface area contributed by atoms with E-state index in [0.717, 1.165) is 6.07 Å². The monoisotopic (exact) mass is 361 g/mol. The maximum Gasteiger partial charge on any atom is 0.310 e. The van der Waals surface area contributed by atoms with Crippen molar-refractivity contribution < 1.29 is 24.1 Å². The number of rotatable bonds is 7. The predicted octanol–water partition coefficient (Wildman–Crippen LogP) is 2.92. The average Bonchev–Trinajstić information content (AvgIpc) is 2.61. The molecule has 0 saturated carbocycles. The number of hydrogen-bond donors (Lipinski definition) is 1. The molecule has 1 amide bonds. The molecule has 0 aliphatic heterocycles. The number of carbonyl (C=O) groups is 1. The van der Waals surface area contributed by atoms with E-state index in [4.69, 9.17) is 9.47 Å². The molecule has 0 unspecified atom stereocenters. The van der Waals surface area contributed by atoms with Gasteiger partial charge in [0.05, 0.1) is 22.6 Å². The van der Waals surface area contributed by atoms with E-state index in [1.165, 1.54) is 50.4 Å². The molecule has 2 aromatic carbocycles. The Bertz CT molecular complexity index is 853. The van der Waals surface area contributed by atoms with Crippen molar-refractivity contribution in [2.24, 2.45) is 0 Å². The lowest BCUT2D eigenvalue weighted by Gasteiger charge is -2.16. The second-order valence-electron chi connectivity index (χ2n) is 5.12. The molecule has 0 aliphatic carbocycles. The number of nitrogens with zero attached hydrogens (tertiary/aromatic N) is 2. The first-order valence-corrected chi connectivity index (χ1v) is 7.37. The van der Waals surface area contributed by atoms with Gasteiger partial charge in [-0.1, -0.05) is 12.1 Å². The zero-order valence-electron chi connectivity index (χ0n) is 13.9. The lowest BCUT2D eigenvalue weighted by molar-refractivity contribution is -0.386. The van der Waals surface area contributed by atoms with Gasteiger partial charge in [-0.2, -0.15) is 0 Å². The maximum absolute atomic E-state index is 12.3. The topological polar surface area (TPSA) is 134 Å². The van der Waals surface area contributed by atoms with Crippen LogP contribution in [0.15, 0.2) is 42.5 Å². The van der Waals surface area contributed by atoms with Crippen molar-refractivity contribution in [2.75, 3.05) is 12.4 Å². The Kier molecular flexibility index (Phi) is 5.68. The summed E-state index contributed by atoms with van der Waals surface area (Å²) in [5, 5.41) is 24.3. The number of methoxy groups -OCH3 is 1. The minimum absolute atomic E-state index is 0.0637. The number of para-hydroxylation sites is 2. The molecule has 0 spiro atoms. The van der Waals surface area contributed by atoms with Gasteiger partial charge >= 0.3 is 5.69 Å². The molecular formula is C16H15N3O7. The smallest absolute Gasteiger partial charge is 0.310 e. The molecule has 1 N–H and O–H groups in total. The molecule has 0 saturated heterocycles. The van der Waals surface area contributed by atoms with Crippen molar-refractivity contribution in [3.63, 3.8) is 0 Å². The largest absolute Gasteiger partial charge is 0.495 e. The summed E-state index contributed by atoms with van der Waals surface area (Å²) in [5.41, 5.74) is -0.418. The molecule has 2 rings (SSSR count). The van der Waals surface area contributed by atoms with Crippen molar-refractivity contribution in [3.8, 4) is 11.5 Å². The van der Waals surface area contributed by atoms with E-state index >= 15 is 0 Å². The van der Waals surface area contributed by atoms with Crippen LogP contribution in [0.3, 0.4) is 0 Å². The Hall–Kier alpha value is -3.69. The highest BCUT2D eigenvalue weighted by molar-refractivity contribution is 5.95. The summed E-state index contributed by atoms with van der Waals surface area (Å²) in [5.74, 6) is -0.491. The van der Waals surface area contributed by atoms with Crippen LogP contribution in [0.4, 0.5) is 17.1 Å². The van der Waals surface area contributed by atoms with Gasteiger partial charge in [0, 0.05) is 18.2 Å². The molecule has 0 radical (unpaired) electrons. The van der Waals surface area contributed by atoms with Crippen LogP contribution >= 0.6 is 0 Å². The third-order valence-corrected chi connectivity index (χ3v) is 3.39. The summed E-state index contributed by atoms with van der Waals surface area (Å²) < 4.78 is 10.4. The number of hydrogen-bond acceptors (Lipinski definition) is 7. The quantitative estimate of drug-likeness (QED) is 0.592. The number of nitrogens with one attached hydrogen (secondary N) is 1. The summed E-state index contributed by atoms with van der Waals surface area (Å²) in [4.78, 5) is 33.0. The third-order valence-electron chi connectivity index (χ3n) is 3.39. The predicted molar refractivity (Wildman–Crippen MR) is 91.5 cm³/mol. The third kappa shape index (κ3) is 4.23. The molecule has 0 aliphatic rings. The summed E-state index contributed by atoms with van der Waals surface area (Å²) in [6, 6.07) is 9.37. The number of non-ortho nitro benzene ring substituents is 1. The highest BCUT2D eigenvalue weighted by atomic mass is 16.6. The molecule has 136 valence electrons. The first-order valence-electron chi connectivity index (χ1n) is 7.37. The van der Waals surface area contributed by atoms with Crippen molar-refractivity contribution in [1.82, 2.24) is 0 Å². The number of anilines is 1. The van der Waals surface area contributed by atoms with E-state index in [1.807, 2.05) is 0 Å². The first kappa shape index (κ1) is 18.6. The van der Waals surface area contributed by atoms with Gasteiger partial charge in [-0.25, -0.2) is 0 Å². The van der Waals surface area contributed by atoms with Crippen LogP contribution in [0, 0.1) is 20.2 Å². The summed E-state index contributed by atoms with van der Waals surface area (Å²) in [6.07, 6.45) is -1.10. The SMILES string of the molecule is COc1ccc([N+](=O)[O-])cc1NC(=O)[C@@H](C)Oc1ccccc1[N+](=O)[O-]. The lowest BCUT2D eigenvalue weighted by Crippen LogP contribution is -2.30. The van der Waals surface area contributed by atoms with Crippen LogP contribution in [0.2, 0.25) is 0 Å². The van der Waals surface area contributed by atoms with E-state index in [-0.39, 0.29) is 28.6 Å². The zero-order chi connectivity index (χ0) is 19.3. The molecular weight excluding hydrogens is 346 g/mol. The van der Waals surface area contributed by atoms with Gasteiger partial charge in [-0.3, -0.25) is 25.0 Å². The van der Waals surface area contributed by atoms with Gasteiger partial charge in [0.25, 0.3) is 11.6 Å². The molecule has 10 heteroatoms. The maximum atomic E-state index is 12.3. The molecule has 2 aromatic rings. The lowest BCUT2D eigenvalue weighted by atomic mass is 10.2. The normalized spacial score (nSPS) is 11.3. The van der Waals surface area contributed by atoms with E-state index in [2.05, 4.69) is 5.32 Å². The second kappa shape index (κ2) is 7.92. The Morgan fingerprint density at radius 2 is 1.77 bits per heavy atom. The van der Waals surface area contributed by atoms with Crippen LogP contribution in [-0.4, -0.2) is 29.0 Å². The Morgan fingerprint density at radius 1 is 1.08 bits per heavy atom. The van der Waals surface area contributed by atoms with E-state index < -0.39 is 21.9 Å². The van der Waals surface area contributed by atoms with E-state index in [0.29, 0.717) is 0 Å². The summed E-state index contributed by atoms with van der Waals surface area (Å²) in [6.45, 7) is 1.40. The van der Waals surface area contributed by atoms with E-state index in [9.17, 15) is 25.0 Å². The number of carbonyl (C=O) groups excluding carboxylic acids is 1. The standard InChI is InChI=1S/C16H15N3O7/c1-10(26-15-6-4-3-5-13(15)19(23)24)16(20)17-12-9-11(18(21)22)7-8-14(12)25-2/h3-10H,1-2H3,(H,17,20)/t10-/m1/s1. The Balaban J connectivity index is 2.19. The number of nitro benzene ring substituents is 2. The van der Waals surface area contributed by atoms with Crippen molar-refractivity contribution in [3.05, 3.63) is 62.7 Å². The first-order chi connectivity index (χ1) is 12.3. The number of benzene rings is 2. The minimum Gasteiger partial charge on any atom is -0.495 e. The molecule has 0 bridgehead atoms. The van der Waals surface area contributed by atoms with Crippen molar-refractivity contribution >= 4 is 23.0 Å². The van der Waals surface area contributed by atoms with Gasteiger partial charge in [0.15, 0.2) is 11.9 Å². The van der Waals surface area contributed by atoms with Crippen molar-refractivity contribution in [2.45, 2.75) is 13.0 Å². The molecule has 0 aromatic heterocycles. The fourth-order valence-electron chi connectivity index (χ4n) is 2.09. The fourth-order valence-corrected chi connectivity index (χ4v) is 2.09. The number of nitro groups is 2. The van der Waals surface area contributed by atoms with Crippen LogP contribution < -0.4 is 14.8 Å². The van der Waals surface area contributed by atoms with Crippen LogP contribution in [0.25, 0.3) is 0 Å². The van der Waals surface area contributed by atoms with Gasteiger partial charge in [-0.05, 0) is 19.1 Å². The molecule has 0 fully saturated rings. The highest BCUT2D eigenvalue weighted by Gasteiger charge is 2.22. The Morgan fingerprint density at radius 3 is 2.38 bits per heavy atom. The minimum atomic E-state index is -1.10. The van der Waals surface area contributed by atoms with Gasteiger partial charge < -0.3 is 14.8 Å². The molecule has 10 nitrogen and oxygen atoms in total. The fraction of sp³-hybridized carbons (Fsp3) is 0.188. The molecule has 0 heterocycles. The van der Waals surface area contributed by atoms with Crippen LogP contribution in [0.1, 0.15) is 6.92 Å². The summed E-state index contributed by atoms with van der Waals surface area (Å²) in [7, 11) is 1.35. The zero-order valence-corrected chi connectivity index (χ0v) is 13.9. The summed E-state index contributed by atoms with van der Waals surface area (Å²) >= 11 is 0. The second-order valence-corrected chi connectivity index (χ2v) is 5.12. The van der Waals surface area contributed by atoms with Gasteiger partial charge in [0.1, 0.15) is 5.75 Å². The van der Waals surface area contributed by atoms with Gasteiger partial charge in [0.2, 0.25) is 0 Å². The number of ether oxygens (including phenoxy) is 2. The molecule has 26 heavy (non-hydrogen) atoms. The average molecular weight is 361 g/mol. The highest BCUT2D eigenvalue weighted by Crippen LogP contribution is 2.30. The van der Waals surface area contributed by atoms with Crippen LogP contribution in [0.5, 0.6) is 11.5 Å². The van der Waals surface area contributed by atoms with Crippen LogP contribution in [-0.2, 0) is 4.79 Å². The molecule has 1 atom stereocenters.